The topological polar surface area (TPSA) is 35.6 Å². The zero-order valence-electron chi connectivity index (χ0n) is 13.2. The highest BCUT2D eigenvalue weighted by molar-refractivity contribution is 5.76. The minimum atomic E-state index is 0.266. The van der Waals surface area contributed by atoms with Crippen LogP contribution in [0.3, 0.4) is 0 Å². The zero-order chi connectivity index (χ0) is 14.4. The molecule has 2 rings (SSSR count). The Hall–Kier alpha value is -0.610. The van der Waals surface area contributed by atoms with Gasteiger partial charge in [-0.1, -0.05) is 6.92 Å². The van der Waals surface area contributed by atoms with Crippen molar-refractivity contribution in [3.8, 4) is 0 Å². The lowest BCUT2D eigenvalue weighted by Gasteiger charge is -2.32. The lowest BCUT2D eigenvalue weighted by Crippen LogP contribution is -2.44. The predicted molar refractivity (Wildman–Crippen MR) is 82.7 cm³/mol. The molecule has 0 aromatic carbocycles. The van der Waals surface area contributed by atoms with E-state index in [9.17, 15) is 4.79 Å². The molecule has 1 amide bonds. The van der Waals surface area contributed by atoms with Gasteiger partial charge in [-0.15, -0.1) is 0 Å². The largest absolute Gasteiger partial charge is 0.353 e. The van der Waals surface area contributed by atoms with Crippen LogP contribution in [0.15, 0.2) is 0 Å². The Balaban J connectivity index is 1.49. The van der Waals surface area contributed by atoms with E-state index < -0.39 is 0 Å². The summed E-state index contributed by atoms with van der Waals surface area (Å²) in [6, 6.07) is 0.454. The maximum atomic E-state index is 11.9. The Morgan fingerprint density at radius 1 is 1.15 bits per heavy atom. The van der Waals surface area contributed by atoms with Crippen LogP contribution >= 0.6 is 0 Å². The third-order valence-corrected chi connectivity index (χ3v) is 4.78. The molecule has 0 aromatic heterocycles. The summed E-state index contributed by atoms with van der Waals surface area (Å²) in [5, 5.41) is 3.19. The first-order valence-electron chi connectivity index (χ1n) is 8.34. The maximum absolute atomic E-state index is 11.9. The molecular formula is C16H31N3O. The van der Waals surface area contributed by atoms with Gasteiger partial charge >= 0.3 is 0 Å². The van der Waals surface area contributed by atoms with Gasteiger partial charge in [0.2, 0.25) is 5.91 Å². The fourth-order valence-corrected chi connectivity index (χ4v) is 3.33. The molecule has 2 aliphatic rings. The number of rotatable bonds is 6. The van der Waals surface area contributed by atoms with Crippen molar-refractivity contribution in [1.82, 2.24) is 15.1 Å². The van der Waals surface area contributed by atoms with Crippen LogP contribution in [0.1, 0.15) is 45.4 Å². The Kier molecular flexibility index (Phi) is 6.30. The predicted octanol–water partition coefficient (Wildman–Crippen LogP) is 1.71. The second-order valence-electron chi connectivity index (χ2n) is 6.78. The lowest BCUT2D eigenvalue weighted by atomic mass is 10.1. The van der Waals surface area contributed by atoms with E-state index in [4.69, 9.17) is 0 Å². The quantitative estimate of drug-likeness (QED) is 0.753. The van der Waals surface area contributed by atoms with E-state index >= 15 is 0 Å². The van der Waals surface area contributed by atoms with Gasteiger partial charge < -0.3 is 15.1 Å². The molecule has 4 nitrogen and oxygen atoms in total. The highest BCUT2D eigenvalue weighted by Crippen LogP contribution is 2.24. The number of amides is 1. The highest BCUT2D eigenvalue weighted by atomic mass is 16.1. The van der Waals surface area contributed by atoms with Crippen molar-refractivity contribution in [2.24, 2.45) is 5.92 Å². The summed E-state index contributed by atoms with van der Waals surface area (Å²) in [6.45, 7) is 8.16. The monoisotopic (exact) mass is 281 g/mol. The zero-order valence-corrected chi connectivity index (χ0v) is 13.2. The summed E-state index contributed by atoms with van der Waals surface area (Å²) in [7, 11) is 2.19. The van der Waals surface area contributed by atoms with Crippen molar-refractivity contribution >= 4 is 5.91 Å². The van der Waals surface area contributed by atoms with Crippen molar-refractivity contribution in [3.63, 3.8) is 0 Å². The van der Waals surface area contributed by atoms with Crippen molar-refractivity contribution in [1.29, 1.82) is 0 Å². The molecule has 1 heterocycles. The maximum Gasteiger partial charge on any atom is 0.220 e. The molecule has 2 unspecified atom stereocenters. The summed E-state index contributed by atoms with van der Waals surface area (Å²) in [4.78, 5) is 16.8. The highest BCUT2D eigenvalue weighted by Gasteiger charge is 2.22. The summed E-state index contributed by atoms with van der Waals surface area (Å²) >= 11 is 0. The Bertz CT molecular complexity index is 300. The van der Waals surface area contributed by atoms with Crippen LogP contribution in [-0.4, -0.2) is 61.5 Å². The first kappa shape index (κ1) is 15.8. The van der Waals surface area contributed by atoms with Crippen LogP contribution in [0.5, 0.6) is 0 Å². The molecule has 1 saturated heterocycles. The third-order valence-electron chi connectivity index (χ3n) is 4.78. The SMILES string of the molecule is CC1CCC(NC(=O)CCCCN2CCN(C)CC2)C1. The first-order chi connectivity index (χ1) is 9.63. The summed E-state index contributed by atoms with van der Waals surface area (Å²) < 4.78 is 0. The van der Waals surface area contributed by atoms with Gasteiger partial charge in [-0.2, -0.15) is 0 Å². The van der Waals surface area contributed by atoms with Crippen LogP contribution in [0.25, 0.3) is 0 Å². The van der Waals surface area contributed by atoms with Gasteiger partial charge in [-0.05, 0) is 51.6 Å². The number of hydrogen-bond acceptors (Lipinski definition) is 3. The van der Waals surface area contributed by atoms with Crippen molar-refractivity contribution in [2.45, 2.75) is 51.5 Å². The molecule has 1 saturated carbocycles. The molecule has 1 aliphatic heterocycles. The average Bonchev–Trinajstić information content (AvgIpc) is 2.82. The molecule has 20 heavy (non-hydrogen) atoms. The van der Waals surface area contributed by atoms with E-state index in [1.807, 2.05) is 0 Å². The van der Waals surface area contributed by atoms with Gasteiger partial charge in [0.05, 0.1) is 0 Å². The summed E-state index contributed by atoms with van der Waals surface area (Å²) in [6.07, 6.45) is 6.51. The number of nitrogens with zero attached hydrogens (tertiary/aromatic N) is 2. The fourth-order valence-electron chi connectivity index (χ4n) is 3.33. The molecule has 116 valence electrons. The standard InChI is InChI=1S/C16H31N3O/c1-14-6-7-15(13-14)17-16(20)5-3-4-8-19-11-9-18(2)10-12-19/h14-15H,3-13H2,1-2H3,(H,17,20). The number of piperazine rings is 1. The van der Waals surface area contributed by atoms with Crippen LogP contribution in [0.2, 0.25) is 0 Å². The van der Waals surface area contributed by atoms with E-state index in [1.54, 1.807) is 0 Å². The number of carbonyl (C=O) groups excluding carboxylic acids is 1. The Morgan fingerprint density at radius 3 is 2.55 bits per heavy atom. The van der Waals surface area contributed by atoms with E-state index in [0.717, 1.165) is 25.3 Å². The minimum absolute atomic E-state index is 0.266. The van der Waals surface area contributed by atoms with Gasteiger partial charge in [-0.3, -0.25) is 4.79 Å². The molecule has 0 bridgehead atoms. The van der Waals surface area contributed by atoms with Crippen molar-refractivity contribution in [3.05, 3.63) is 0 Å². The fraction of sp³-hybridized carbons (Fsp3) is 0.938. The molecule has 1 N–H and O–H groups in total. The number of hydrogen-bond donors (Lipinski definition) is 1. The van der Waals surface area contributed by atoms with Gasteiger partial charge in [-0.25, -0.2) is 0 Å². The molecule has 1 aliphatic carbocycles. The van der Waals surface area contributed by atoms with Crippen LogP contribution < -0.4 is 5.32 Å². The van der Waals surface area contributed by atoms with Gasteiger partial charge in [0.15, 0.2) is 0 Å². The first-order valence-corrected chi connectivity index (χ1v) is 8.34. The molecule has 0 aromatic rings. The van der Waals surface area contributed by atoms with E-state index in [0.29, 0.717) is 12.5 Å². The molecule has 2 fully saturated rings. The second kappa shape index (κ2) is 7.99. The number of likely N-dealkylation sites (N-methyl/N-ethyl adjacent to an activating group) is 1. The third kappa shape index (κ3) is 5.41. The molecule has 0 radical (unpaired) electrons. The summed E-state index contributed by atoms with van der Waals surface area (Å²) in [5.74, 6) is 1.06. The van der Waals surface area contributed by atoms with Crippen LogP contribution in [0, 0.1) is 5.92 Å². The van der Waals surface area contributed by atoms with Crippen molar-refractivity contribution < 1.29 is 4.79 Å². The van der Waals surface area contributed by atoms with Gasteiger partial charge in [0.1, 0.15) is 0 Å². The van der Waals surface area contributed by atoms with E-state index in [1.165, 1.54) is 45.4 Å². The molecule has 0 spiro atoms. The Morgan fingerprint density at radius 2 is 1.90 bits per heavy atom. The number of nitrogens with one attached hydrogen (secondary N) is 1. The second-order valence-corrected chi connectivity index (χ2v) is 6.78. The summed E-state index contributed by atoms with van der Waals surface area (Å²) in [5.41, 5.74) is 0. The molecule has 2 atom stereocenters. The lowest BCUT2D eigenvalue weighted by molar-refractivity contribution is -0.121. The average molecular weight is 281 g/mol. The minimum Gasteiger partial charge on any atom is -0.353 e. The molecular weight excluding hydrogens is 250 g/mol. The smallest absolute Gasteiger partial charge is 0.220 e. The van der Waals surface area contributed by atoms with Crippen molar-refractivity contribution in [2.75, 3.05) is 39.8 Å². The number of unbranched alkanes of at least 4 members (excludes halogenated alkanes) is 1. The molecule has 4 heteroatoms. The van der Waals surface area contributed by atoms with Crippen LogP contribution in [-0.2, 0) is 4.79 Å². The normalized spacial score (nSPS) is 28.7. The Labute approximate surface area is 123 Å². The van der Waals surface area contributed by atoms with Gasteiger partial charge in [0, 0.05) is 38.6 Å². The van der Waals surface area contributed by atoms with Gasteiger partial charge in [0.25, 0.3) is 0 Å². The van der Waals surface area contributed by atoms with E-state index in [-0.39, 0.29) is 5.91 Å². The number of carbonyl (C=O) groups is 1. The van der Waals surface area contributed by atoms with E-state index in [2.05, 4.69) is 29.1 Å². The van der Waals surface area contributed by atoms with Crippen LogP contribution in [0.4, 0.5) is 0 Å².